The molecule has 3 heterocycles. The highest BCUT2D eigenvalue weighted by Gasteiger charge is 2.27. The van der Waals surface area contributed by atoms with Crippen molar-refractivity contribution in [2.75, 3.05) is 25.1 Å². The van der Waals surface area contributed by atoms with E-state index in [0.29, 0.717) is 23.9 Å². The molecule has 6 rings (SSSR count). The van der Waals surface area contributed by atoms with E-state index in [2.05, 4.69) is 55.1 Å². The predicted molar refractivity (Wildman–Crippen MR) is 210 cm³/mol. The third kappa shape index (κ3) is 6.11. The summed E-state index contributed by atoms with van der Waals surface area (Å²) in [6.07, 6.45) is 4.49. The molecule has 9 heteroatoms. The Morgan fingerprint density at radius 3 is 2.36 bits per heavy atom. The van der Waals surface area contributed by atoms with E-state index < -0.39 is 0 Å². The number of rotatable bonds is 12. The molecule has 3 aromatic carbocycles. The van der Waals surface area contributed by atoms with E-state index in [9.17, 15) is 4.79 Å². The van der Waals surface area contributed by atoms with E-state index in [-0.39, 0.29) is 6.04 Å². The van der Waals surface area contributed by atoms with E-state index in [1.165, 1.54) is 5.56 Å². The normalized spacial score (nSPS) is 12.2. The van der Waals surface area contributed by atoms with Crippen molar-refractivity contribution in [1.29, 1.82) is 0 Å². The highest BCUT2D eigenvalue weighted by Crippen LogP contribution is 2.44. The SMILES string of the molecule is C=Cc1c(CCCOc2cc(C)c(Cl)c(C)c2)c2ccc(Cl)c(-c3c(C)nn(C)c3C)c2n1[C@H](C)CN(C)c1cccc2cc(C=O)n(C)c12. The Morgan fingerprint density at radius 2 is 1.72 bits per heavy atom. The van der Waals surface area contributed by atoms with Gasteiger partial charge in [-0.2, -0.15) is 5.10 Å². The van der Waals surface area contributed by atoms with Crippen LogP contribution in [0, 0.1) is 27.7 Å². The molecule has 0 radical (unpaired) electrons. The zero-order valence-corrected chi connectivity index (χ0v) is 31.7. The molecule has 6 aromatic rings. The smallest absolute Gasteiger partial charge is 0.166 e. The molecule has 0 saturated carbocycles. The van der Waals surface area contributed by atoms with Crippen molar-refractivity contribution in [3.8, 4) is 16.9 Å². The number of aromatic nitrogens is 4. The second-order valence-electron chi connectivity index (χ2n) is 13.4. The number of aldehydes is 1. The summed E-state index contributed by atoms with van der Waals surface area (Å²) in [5, 5.41) is 8.42. The van der Waals surface area contributed by atoms with Crippen LogP contribution in [-0.4, -0.2) is 45.4 Å². The molecule has 0 spiro atoms. The molecule has 0 amide bonds. The van der Waals surface area contributed by atoms with Gasteiger partial charge in [0.05, 0.1) is 39.7 Å². The fourth-order valence-corrected chi connectivity index (χ4v) is 7.98. The number of anilines is 1. The minimum Gasteiger partial charge on any atom is -0.494 e. The Morgan fingerprint density at radius 1 is 1.00 bits per heavy atom. The maximum atomic E-state index is 11.8. The van der Waals surface area contributed by atoms with Gasteiger partial charge in [-0.3, -0.25) is 9.48 Å². The summed E-state index contributed by atoms with van der Waals surface area (Å²) in [6, 6.07) is 16.3. The standard InChI is InChI=1S/C41H45Cl2N5O2/c1-10-35-32(14-12-18-50-31-19-24(2)39(43)25(3)20-31)33-16-17-34(42)38(37-27(5)44-47(9)28(37)6)41(33)48(35)26(4)22-45(7)36-15-11-13-29-21-30(23-49)46(8)40(29)36/h10-11,13,15-17,19-21,23,26H,1,12,14,18,22H2,2-9H3/t26-/m1/s1. The molecule has 0 aliphatic rings. The summed E-state index contributed by atoms with van der Waals surface area (Å²) < 4.78 is 12.5. The summed E-state index contributed by atoms with van der Waals surface area (Å²) in [7, 11) is 6.03. The number of aryl methyl sites for hydroxylation is 6. The second-order valence-corrected chi connectivity index (χ2v) is 14.2. The van der Waals surface area contributed by atoms with Gasteiger partial charge in [-0.1, -0.05) is 48.0 Å². The Bertz CT molecular complexity index is 2250. The molecule has 3 aromatic heterocycles. The number of hydrogen-bond acceptors (Lipinski definition) is 4. The number of benzene rings is 3. The summed E-state index contributed by atoms with van der Waals surface area (Å²) in [5.41, 5.74) is 12.1. The third-order valence-electron chi connectivity index (χ3n) is 10.0. The van der Waals surface area contributed by atoms with Crippen molar-refractivity contribution >= 4 is 63.1 Å². The number of likely N-dealkylation sites (N-methyl/N-ethyl adjacent to an activating group) is 1. The largest absolute Gasteiger partial charge is 0.494 e. The van der Waals surface area contributed by atoms with Gasteiger partial charge in [0.25, 0.3) is 0 Å². The van der Waals surface area contributed by atoms with Crippen LogP contribution < -0.4 is 9.64 Å². The van der Waals surface area contributed by atoms with Gasteiger partial charge in [0.1, 0.15) is 5.75 Å². The lowest BCUT2D eigenvalue weighted by atomic mass is 9.98. The third-order valence-corrected chi connectivity index (χ3v) is 11.0. The number of ether oxygens (including phenoxy) is 1. The zero-order chi connectivity index (χ0) is 36.0. The average molecular weight is 711 g/mol. The van der Waals surface area contributed by atoms with Gasteiger partial charge in [0.2, 0.25) is 0 Å². The van der Waals surface area contributed by atoms with Crippen molar-refractivity contribution in [3.63, 3.8) is 0 Å². The van der Waals surface area contributed by atoms with Gasteiger partial charge in [-0.15, -0.1) is 0 Å². The summed E-state index contributed by atoms with van der Waals surface area (Å²) >= 11 is 13.6. The maximum Gasteiger partial charge on any atom is 0.166 e. The van der Waals surface area contributed by atoms with E-state index in [0.717, 1.165) is 96.7 Å². The fraction of sp³-hybridized carbons (Fsp3) is 0.317. The van der Waals surface area contributed by atoms with Crippen LogP contribution in [0.25, 0.3) is 39.0 Å². The Kier molecular flexibility index (Phi) is 9.93. The first-order valence-electron chi connectivity index (χ1n) is 17.0. The van der Waals surface area contributed by atoms with Crippen LogP contribution in [0.5, 0.6) is 5.75 Å². The molecule has 0 saturated heterocycles. The van der Waals surface area contributed by atoms with Crippen LogP contribution in [0.1, 0.15) is 63.6 Å². The number of para-hydroxylation sites is 1. The number of carbonyl (C=O) groups is 1. The fourth-order valence-electron chi connectivity index (χ4n) is 7.62. The monoisotopic (exact) mass is 709 g/mol. The maximum absolute atomic E-state index is 11.8. The van der Waals surface area contributed by atoms with E-state index in [1.807, 2.05) is 80.5 Å². The van der Waals surface area contributed by atoms with Crippen LogP contribution in [0.3, 0.4) is 0 Å². The quantitative estimate of drug-likeness (QED) is 0.0937. The van der Waals surface area contributed by atoms with Crippen LogP contribution >= 0.6 is 23.2 Å². The molecule has 1 atom stereocenters. The highest BCUT2D eigenvalue weighted by molar-refractivity contribution is 6.35. The van der Waals surface area contributed by atoms with Gasteiger partial charge in [-0.25, -0.2) is 0 Å². The van der Waals surface area contributed by atoms with Gasteiger partial charge < -0.3 is 18.8 Å². The summed E-state index contributed by atoms with van der Waals surface area (Å²) in [6.45, 7) is 16.0. The van der Waals surface area contributed by atoms with Crippen molar-refractivity contribution in [2.45, 2.75) is 53.5 Å². The van der Waals surface area contributed by atoms with Gasteiger partial charge >= 0.3 is 0 Å². The van der Waals surface area contributed by atoms with Crippen molar-refractivity contribution < 1.29 is 9.53 Å². The van der Waals surface area contributed by atoms with Crippen molar-refractivity contribution in [2.24, 2.45) is 14.1 Å². The lowest BCUT2D eigenvalue weighted by molar-refractivity contribution is 0.111. The lowest BCUT2D eigenvalue weighted by Gasteiger charge is -2.28. The van der Waals surface area contributed by atoms with Crippen LogP contribution in [-0.2, 0) is 20.5 Å². The van der Waals surface area contributed by atoms with E-state index >= 15 is 0 Å². The van der Waals surface area contributed by atoms with Crippen molar-refractivity contribution in [3.05, 3.63) is 105 Å². The Labute approximate surface area is 304 Å². The molecule has 0 aliphatic carbocycles. The summed E-state index contributed by atoms with van der Waals surface area (Å²) in [5.74, 6) is 0.831. The highest BCUT2D eigenvalue weighted by atomic mass is 35.5. The van der Waals surface area contributed by atoms with Gasteiger partial charge in [0.15, 0.2) is 6.29 Å². The molecule has 0 aliphatic heterocycles. The molecule has 7 nitrogen and oxygen atoms in total. The number of halogens is 2. The topological polar surface area (TPSA) is 57.2 Å². The molecule has 0 unspecified atom stereocenters. The molecule has 0 N–H and O–H groups in total. The van der Waals surface area contributed by atoms with Crippen molar-refractivity contribution in [1.82, 2.24) is 18.9 Å². The number of carbonyl (C=O) groups excluding carboxylic acids is 1. The van der Waals surface area contributed by atoms with E-state index in [1.54, 1.807) is 0 Å². The molecule has 0 bridgehead atoms. The number of fused-ring (bicyclic) bond motifs is 2. The Balaban J connectivity index is 1.44. The van der Waals surface area contributed by atoms with Gasteiger partial charge in [0, 0.05) is 72.0 Å². The van der Waals surface area contributed by atoms with Crippen LogP contribution in [0.2, 0.25) is 10.0 Å². The van der Waals surface area contributed by atoms with E-state index in [4.69, 9.17) is 33.0 Å². The molecular formula is C41H45Cl2N5O2. The predicted octanol–water partition coefficient (Wildman–Crippen LogP) is 10.2. The first-order chi connectivity index (χ1) is 23.9. The minimum atomic E-state index is 0.0103. The number of hydrogen-bond donors (Lipinski definition) is 0. The molecule has 50 heavy (non-hydrogen) atoms. The summed E-state index contributed by atoms with van der Waals surface area (Å²) in [4.78, 5) is 14.1. The van der Waals surface area contributed by atoms with Crippen LogP contribution in [0.4, 0.5) is 5.69 Å². The minimum absolute atomic E-state index is 0.0103. The molecular weight excluding hydrogens is 665 g/mol. The molecule has 260 valence electrons. The Hall–Kier alpha value is -4.46. The first kappa shape index (κ1) is 35.4. The lowest BCUT2D eigenvalue weighted by Crippen LogP contribution is -2.27. The first-order valence-corrected chi connectivity index (χ1v) is 17.8. The average Bonchev–Trinajstić information content (AvgIpc) is 3.68. The number of nitrogens with zero attached hydrogens (tertiary/aromatic N) is 5. The zero-order valence-electron chi connectivity index (χ0n) is 30.2. The molecule has 0 fully saturated rings. The second kappa shape index (κ2) is 14.0. The van der Waals surface area contributed by atoms with Gasteiger partial charge in [-0.05, 0) is 101 Å². The van der Waals surface area contributed by atoms with Crippen LogP contribution in [0.15, 0.2) is 55.1 Å².